The molecular weight excluding hydrogens is 328 g/mol. The van der Waals surface area contributed by atoms with E-state index < -0.39 is 0 Å². The van der Waals surface area contributed by atoms with Gasteiger partial charge < -0.3 is 5.32 Å². The first-order valence-electron chi connectivity index (χ1n) is 7.39. The Morgan fingerprint density at radius 1 is 1.22 bits per heavy atom. The minimum Gasteiger partial charge on any atom is -0.300 e. The van der Waals surface area contributed by atoms with E-state index in [2.05, 4.69) is 33.7 Å². The van der Waals surface area contributed by atoms with Crippen LogP contribution in [0.5, 0.6) is 0 Å². The van der Waals surface area contributed by atoms with Crippen molar-refractivity contribution in [2.45, 2.75) is 18.8 Å². The summed E-state index contributed by atoms with van der Waals surface area (Å²) >= 11 is 3.01. The third kappa shape index (κ3) is 2.89. The number of nitrogens with zero attached hydrogens (tertiary/aromatic N) is 3. The number of thiazole rings is 1. The molecular formula is C16H14N4OS2. The van der Waals surface area contributed by atoms with Crippen LogP contribution in [0, 0.1) is 5.92 Å². The van der Waals surface area contributed by atoms with E-state index >= 15 is 0 Å². The number of carbonyl (C=O) groups excluding carboxylic acids is 1. The molecule has 0 bridgehead atoms. The smallest absolute Gasteiger partial charge is 0.230 e. The zero-order valence-corrected chi connectivity index (χ0v) is 13.8. The molecule has 0 fully saturated rings. The summed E-state index contributed by atoms with van der Waals surface area (Å²) in [5, 5.41) is 12.1. The van der Waals surface area contributed by atoms with Gasteiger partial charge in [-0.15, -0.1) is 21.5 Å². The van der Waals surface area contributed by atoms with Gasteiger partial charge >= 0.3 is 0 Å². The molecule has 116 valence electrons. The van der Waals surface area contributed by atoms with Crippen LogP contribution in [-0.4, -0.2) is 21.1 Å². The van der Waals surface area contributed by atoms with Crippen molar-refractivity contribution in [2.75, 3.05) is 5.32 Å². The van der Waals surface area contributed by atoms with E-state index in [0.29, 0.717) is 5.13 Å². The van der Waals surface area contributed by atoms with Gasteiger partial charge in [0.15, 0.2) is 0 Å². The molecule has 5 nitrogen and oxygen atoms in total. The van der Waals surface area contributed by atoms with E-state index in [1.54, 1.807) is 16.8 Å². The lowest BCUT2D eigenvalue weighted by atomic mass is 9.83. The number of aromatic nitrogens is 3. The topological polar surface area (TPSA) is 67.8 Å². The molecule has 1 aliphatic rings. The van der Waals surface area contributed by atoms with Crippen LogP contribution in [0.1, 0.15) is 23.8 Å². The van der Waals surface area contributed by atoms with Crippen LogP contribution in [0.2, 0.25) is 0 Å². The van der Waals surface area contributed by atoms with Gasteiger partial charge in [-0.1, -0.05) is 35.6 Å². The lowest BCUT2D eigenvalue weighted by Gasteiger charge is -2.25. The second-order valence-corrected chi connectivity index (χ2v) is 7.30. The normalized spacial score (nSPS) is 20.7. The van der Waals surface area contributed by atoms with Gasteiger partial charge in [-0.3, -0.25) is 4.79 Å². The molecule has 7 heteroatoms. The number of rotatable bonds is 3. The van der Waals surface area contributed by atoms with E-state index in [1.165, 1.54) is 16.0 Å². The average molecular weight is 342 g/mol. The first kappa shape index (κ1) is 14.5. The highest BCUT2D eigenvalue weighted by Gasteiger charge is 2.32. The molecule has 2 heterocycles. The van der Waals surface area contributed by atoms with Gasteiger partial charge in [0.1, 0.15) is 5.51 Å². The second kappa shape index (κ2) is 6.17. The first-order valence-corrected chi connectivity index (χ1v) is 9.08. The molecule has 0 radical (unpaired) electrons. The summed E-state index contributed by atoms with van der Waals surface area (Å²) in [5.74, 6) is -0.00913. The van der Waals surface area contributed by atoms with Crippen molar-refractivity contribution in [1.29, 1.82) is 0 Å². The number of nitrogens with one attached hydrogen (secondary N) is 1. The molecule has 3 aromatic rings. The molecule has 2 aromatic heterocycles. The Kier molecular flexibility index (Phi) is 3.88. The Labute approximate surface area is 141 Å². The second-order valence-electron chi connectivity index (χ2n) is 5.41. The molecule has 0 aliphatic heterocycles. The Bertz CT molecular complexity index is 823. The van der Waals surface area contributed by atoms with Crippen LogP contribution in [0.15, 0.2) is 41.9 Å². The fourth-order valence-corrected chi connectivity index (χ4v) is 4.45. The van der Waals surface area contributed by atoms with E-state index in [0.717, 1.165) is 23.4 Å². The number of allylic oxidation sites excluding steroid dienone is 2. The van der Waals surface area contributed by atoms with Crippen molar-refractivity contribution in [1.82, 2.24) is 15.2 Å². The van der Waals surface area contributed by atoms with Crippen LogP contribution in [0.25, 0.3) is 10.2 Å². The van der Waals surface area contributed by atoms with Crippen LogP contribution in [0.3, 0.4) is 0 Å². The molecule has 0 saturated carbocycles. The van der Waals surface area contributed by atoms with Gasteiger partial charge in [-0.05, 0) is 25.0 Å². The molecule has 0 spiro atoms. The molecule has 23 heavy (non-hydrogen) atoms. The Morgan fingerprint density at radius 2 is 2.09 bits per heavy atom. The van der Waals surface area contributed by atoms with Gasteiger partial charge in [-0.2, -0.15) is 0 Å². The maximum absolute atomic E-state index is 12.6. The fraction of sp³-hybridized carbons (Fsp3) is 0.250. The van der Waals surface area contributed by atoms with Crippen molar-refractivity contribution in [3.05, 3.63) is 46.9 Å². The number of benzene rings is 1. The predicted octanol–water partition coefficient (Wildman–Crippen LogP) is 3.84. The van der Waals surface area contributed by atoms with E-state index in [9.17, 15) is 4.79 Å². The molecule has 0 saturated heterocycles. The van der Waals surface area contributed by atoms with Crippen molar-refractivity contribution in [2.24, 2.45) is 5.92 Å². The van der Waals surface area contributed by atoms with E-state index in [-0.39, 0.29) is 17.7 Å². The van der Waals surface area contributed by atoms with Gasteiger partial charge in [-0.25, -0.2) is 4.98 Å². The molecule has 1 aromatic carbocycles. The lowest BCUT2D eigenvalue weighted by molar-refractivity contribution is -0.120. The molecule has 1 amide bonds. The molecule has 4 rings (SSSR count). The maximum Gasteiger partial charge on any atom is 0.230 e. The summed E-state index contributed by atoms with van der Waals surface area (Å²) in [6.07, 6.45) is 5.79. The zero-order chi connectivity index (χ0) is 15.6. The number of carbonyl (C=O) groups is 1. The van der Waals surface area contributed by atoms with Crippen LogP contribution in [-0.2, 0) is 4.79 Å². The minimum absolute atomic E-state index is 0.00430. The number of fused-ring (bicyclic) bond motifs is 1. The third-order valence-corrected chi connectivity index (χ3v) is 5.76. The largest absolute Gasteiger partial charge is 0.300 e. The quantitative estimate of drug-likeness (QED) is 0.734. The van der Waals surface area contributed by atoms with Crippen molar-refractivity contribution < 1.29 is 4.79 Å². The van der Waals surface area contributed by atoms with Gasteiger partial charge in [0.05, 0.1) is 21.1 Å². The SMILES string of the molecule is O=C(Nc1nncs1)C1CC=CCC1c1nc2ccccc2s1. The van der Waals surface area contributed by atoms with Gasteiger partial charge in [0, 0.05) is 5.92 Å². The summed E-state index contributed by atoms with van der Waals surface area (Å²) in [4.78, 5) is 17.4. The lowest BCUT2D eigenvalue weighted by Crippen LogP contribution is -2.29. The zero-order valence-electron chi connectivity index (χ0n) is 12.2. The molecule has 2 unspecified atom stereocenters. The summed E-state index contributed by atoms with van der Waals surface area (Å²) < 4.78 is 1.17. The van der Waals surface area contributed by atoms with Crippen LogP contribution in [0.4, 0.5) is 5.13 Å². The highest BCUT2D eigenvalue weighted by atomic mass is 32.1. The van der Waals surface area contributed by atoms with Crippen molar-refractivity contribution in [3.63, 3.8) is 0 Å². The van der Waals surface area contributed by atoms with Gasteiger partial charge in [0.2, 0.25) is 11.0 Å². The minimum atomic E-state index is -0.121. The number of amides is 1. The van der Waals surface area contributed by atoms with Crippen LogP contribution >= 0.6 is 22.7 Å². The number of anilines is 1. The maximum atomic E-state index is 12.6. The number of hydrogen-bond donors (Lipinski definition) is 1. The highest BCUT2D eigenvalue weighted by molar-refractivity contribution is 7.18. The standard InChI is InChI=1S/C16H14N4OS2/c21-14(19-16-20-17-9-22-16)10-5-1-2-6-11(10)15-18-12-7-3-4-8-13(12)23-15/h1-4,7-11H,5-6H2,(H,19,20,21). The Balaban J connectivity index is 1.62. The Morgan fingerprint density at radius 3 is 2.91 bits per heavy atom. The van der Waals surface area contributed by atoms with E-state index in [1.807, 2.05) is 18.2 Å². The number of hydrogen-bond acceptors (Lipinski definition) is 6. The Hall–Kier alpha value is -2.12. The number of para-hydroxylation sites is 1. The predicted molar refractivity (Wildman–Crippen MR) is 92.8 cm³/mol. The van der Waals surface area contributed by atoms with E-state index in [4.69, 9.17) is 4.98 Å². The van der Waals surface area contributed by atoms with Crippen molar-refractivity contribution in [3.8, 4) is 0 Å². The summed E-state index contributed by atoms with van der Waals surface area (Å²) in [5.41, 5.74) is 2.62. The summed E-state index contributed by atoms with van der Waals surface area (Å²) in [6, 6.07) is 8.10. The third-order valence-electron chi connectivity index (χ3n) is 3.99. The molecule has 1 N–H and O–H groups in total. The molecule has 2 atom stereocenters. The van der Waals surface area contributed by atoms with Crippen LogP contribution < -0.4 is 5.32 Å². The van der Waals surface area contributed by atoms with Gasteiger partial charge in [0.25, 0.3) is 0 Å². The average Bonchev–Trinajstić information content (AvgIpc) is 3.23. The summed E-state index contributed by atoms with van der Waals surface area (Å²) in [7, 11) is 0. The molecule has 1 aliphatic carbocycles. The fourth-order valence-electron chi connectivity index (χ4n) is 2.85. The first-order chi connectivity index (χ1) is 11.3. The van der Waals surface area contributed by atoms with Crippen molar-refractivity contribution >= 4 is 43.9 Å². The highest BCUT2D eigenvalue weighted by Crippen LogP contribution is 2.39. The monoisotopic (exact) mass is 342 g/mol. The summed E-state index contributed by atoms with van der Waals surface area (Å²) in [6.45, 7) is 0.